The first-order valence-electron chi connectivity index (χ1n) is 8.12. The molecule has 0 amide bonds. The van der Waals surface area contributed by atoms with Crippen LogP contribution in [-0.4, -0.2) is 25.2 Å². The summed E-state index contributed by atoms with van der Waals surface area (Å²) in [7, 11) is -2.41. The molecule has 3 N–H and O–H groups in total. The van der Waals surface area contributed by atoms with Gasteiger partial charge in [-0.2, -0.15) is 0 Å². The molecule has 0 aliphatic rings. The van der Waals surface area contributed by atoms with Gasteiger partial charge in [-0.1, -0.05) is 30.3 Å². The number of hydrogen-bond acceptors (Lipinski definition) is 8. The second kappa shape index (κ2) is 13.6. The van der Waals surface area contributed by atoms with Crippen LogP contribution in [0.2, 0.25) is 0 Å². The molecule has 0 saturated carbocycles. The normalized spacial score (nSPS) is 9.14. The maximum Gasteiger partial charge on any atom is 1.00 e. The number of nitrogens with one attached hydrogen (secondary N) is 1. The van der Waals surface area contributed by atoms with Crippen LogP contribution in [0.25, 0.3) is 0 Å². The predicted molar refractivity (Wildman–Crippen MR) is 103 cm³/mol. The Bertz CT molecular complexity index is 738. The topological polar surface area (TPSA) is 117 Å². The molecule has 0 spiro atoms. The van der Waals surface area contributed by atoms with Crippen LogP contribution in [0.4, 0.5) is 17.1 Å². The van der Waals surface area contributed by atoms with Gasteiger partial charge in [0.2, 0.25) is 0 Å². The summed E-state index contributed by atoms with van der Waals surface area (Å²) in [5.74, 6) is -2.03. The maximum atomic E-state index is 10.4. The van der Waals surface area contributed by atoms with Crippen molar-refractivity contribution in [2.24, 2.45) is 0 Å². The number of carbonyl (C=O) groups excluding carboxylic acids is 3. The average Bonchev–Trinajstić information content (AvgIpc) is 2.57. The fraction of sp³-hybridized carbons (Fsp3) is 0.167. The molecule has 144 valence electrons. The van der Waals surface area contributed by atoms with Crippen LogP contribution in [0.5, 0.6) is 0 Å². The number of hydrogen-bond donors (Lipinski definition) is 2. The Kier molecular flexibility index (Phi) is 12.4. The molecule has 0 heterocycles. The first kappa shape index (κ1) is 25.5. The molecular formula is C18H22BN2NaO6. The molecule has 2 aromatic carbocycles. The van der Waals surface area contributed by atoms with E-state index in [9.17, 15) is 14.4 Å². The Hall–Kier alpha value is -2.49. The molecule has 2 rings (SSSR count). The number of para-hydroxylation sites is 3. The Morgan fingerprint density at radius 3 is 1.64 bits per heavy atom. The molecule has 28 heavy (non-hydrogen) atoms. The molecule has 8 nitrogen and oxygen atoms in total. The first-order valence-corrected chi connectivity index (χ1v) is 8.12. The minimum absolute atomic E-state index is 0. The average molecular weight is 396 g/mol. The van der Waals surface area contributed by atoms with E-state index in [2.05, 4.69) is 19.3 Å². The molecule has 0 fully saturated rings. The summed E-state index contributed by atoms with van der Waals surface area (Å²) < 4.78 is 13.3. The van der Waals surface area contributed by atoms with Gasteiger partial charge in [-0.25, -0.2) is 0 Å². The van der Waals surface area contributed by atoms with E-state index in [1.54, 1.807) is 0 Å². The number of nitrogen functional groups attached to an aromatic ring is 1. The molecule has 10 heteroatoms. The number of rotatable bonds is 5. The van der Waals surface area contributed by atoms with Crippen LogP contribution in [0.1, 0.15) is 20.8 Å². The van der Waals surface area contributed by atoms with Gasteiger partial charge < -0.3 is 25.0 Å². The van der Waals surface area contributed by atoms with Crippen molar-refractivity contribution in [3.8, 4) is 0 Å². The van der Waals surface area contributed by atoms with E-state index < -0.39 is 25.2 Å². The van der Waals surface area contributed by atoms with Crippen LogP contribution in [0, 0.1) is 0 Å². The molecule has 0 bridgehead atoms. The Labute approximate surface area is 186 Å². The van der Waals surface area contributed by atoms with Gasteiger partial charge in [0.25, 0.3) is 17.9 Å². The smallest absolute Gasteiger partial charge is 0.625 e. The van der Waals surface area contributed by atoms with E-state index in [0.29, 0.717) is 0 Å². The molecular weight excluding hydrogens is 374 g/mol. The second-order valence-electron chi connectivity index (χ2n) is 5.34. The molecule has 0 radical (unpaired) electrons. The summed E-state index contributed by atoms with van der Waals surface area (Å²) in [6.45, 7) is 3.35. The molecule has 0 aliphatic heterocycles. The summed E-state index contributed by atoms with van der Waals surface area (Å²) in [5.41, 5.74) is 8.56. The number of anilines is 3. The van der Waals surface area contributed by atoms with Gasteiger partial charge in [0.05, 0.1) is 11.4 Å². The van der Waals surface area contributed by atoms with Crippen LogP contribution in [0.3, 0.4) is 0 Å². The first-order chi connectivity index (χ1) is 12.8. The van der Waals surface area contributed by atoms with Crippen LogP contribution in [0.15, 0.2) is 54.6 Å². The third-order valence-corrected chi connectivity index (χ3v) is 2.98. The third-order valence-electron chi connectivity index (χ3n) is 2.98. The summed E-state index contributed by atoms with van der Waals surface area (Å²) in [6.07, 6.45) is 0. The number of benzene rings is 2. The largest absolute Gasteiger partial charge is 1.00 e. The van der Waals surface area contributed by atoms with Gasteiger partial charge in [0, 0.05) is 26.5 Å². The van der Waals surface area contributed by atoms with Crippen molar-refractivity contribution >= 4 is 42.3 Å². The van der Waals surface area contributed by atoms with Gasteiger partial charge in [-0.15, -0.1) is 0 Å². The predicted octanol–water partition coefficient (Wildman–Crippen LogP) is -0.591. The van der Waals surface area contributed by atoms with Crippen molar-refractivity contribution in [3.63, 3.8) is 0 Å². The van der Waals surface area contributed by atoms with Gasteiger partial charge >= 0.3 is 36.9 Å². The number of nitrogens with two attached hydrogens (primary N) is 1. The summed E-state index contributed by atoms with van der Waals surface area (Å²) in [4.78, 5) is 31.3. The van der Waals surface area contributed by atoms with E-state index in [1.807, 2.05) is 54.6 Å². The van der Waals surface area contributed by atoms with Crippen molar-refractivity contribution in [1.29, 1.82) is 0 Å². The summed E-state index contributed by atoms with van der Waals surface area (Å²) in [5, 5.41) is 3.25. The zero-order valence-electron chi connectivity index (χ0n) is 16.4. The Morgan fingerprint density at radius 1 is 0.786 bits per heavy atom. The van der Waals surface area contributed by atoms with Crippen LogP contribution < -0.4 is 40.6 Å². The van der Waals surface area contributed by atoms with Gasteiger partial charge in [0.15, 0.2) is 0 Å². The monoisotopic (exact) mass is 396 g/mol. The summed E-state index contributed by atoms with van der Waals surface area (Å²) >= 11 is 0. The maximum absolute atomic E-state index is 10.4. The second-order valence-corrected chi connectivity index (χ2v) is 5.34. The zero-order valence-corrected chi connectivity index (χ0v) is 18.4. The van der Waals surface area contributed by atoms with Crippen molar-refractivity contribution < 1.29 is 57.9 Å². The van der Waals surface area contributed by atoms with E-state index >= 15 is 0 Å². The van der Waals surface area contributed by atoms with Crippen molar-refractivity contribution in [2.75, 3.05) is 11.1 Å². The fourth-order valence-corrected chi connectivity index (χ4v) is 1.87. The Morgan fingerprint density at radius 2 is 1.21 bits per heavy atom. The van der Waals surface area contributed by atoms with Gasteiger partial charge in [0.1, 0.15) is 0 Å². The van der Waals surface area contributed by atoms with E-state index in [1.165, 1.54) is 0 Å². The molecule has 0 atom stereocenters. The third kappa shape index (κ3) is 11.3. The van der Waals surface area contributed by atoms with Crippen LogP contribution >= 0.6 is 0 Å². The summed E-state index contributed by atoms with van der Waals surface area (Å²) in [6, 6.07) is 17.7. The molecule has 0 unspecified atom stereocenters. The minimum atomic E-state index is -2.41. The quantitative estimate of drug-likeness (QED) is 0.509. The standard InChI is InChI=1S/C12H12N2.C6H10BO6.Na/c13-11-8-4-5-9-12(11)14-10-6-2-1-3-7-10;1-4(8)11-7(12-5(2)9)13-6(3)10;/h1-9,14H,13H2;7H,1-3H3;/q;-1;+1. The number of carbonyl (C=O) groups is 3. The molecule has 0 saturated heterocycles. The molecule has 2 aromatic rings. The zero-order chi connectivity index (χ0) is 20.2. The molecule has 0 aliphatic carbocycles. The van der Waals surface area contributed by atoms with Gasteiger partial charge in [-0.05, 0) is 24.3 Å². The van der Waals surface area contributed by atoms with Crippen molar-refractivity contribution in [2.45, 2.75) is 20.8 Å². The minimum Gasteiger partial charge on any atom is -0.625 e. The van der Waals surface area contributed by atoms with E-state index in [4.69, 9.17) is 5.73 Å². The Balaban J connectivity index is 0.000000505. The van der Waals surface area contributed by atoms with E-state index in [0.717, 1.165) is 37.8 Å². The van der Waals surface area contributed by atoms with Crippen molar-refractivity contribution in [1.82, 2.24) is 0 Å². The SMILES string of the molecule is CC(=O)O[BH-](OC(C)=O)OC(C)=O.Nc1ccccc1Nc1ccccc1.[Na+]. The fourth-order valence-electron chi connectivity index (χ4n) is 1.87. The molecule has 0 aromatic heterocycles. The van der Waals surface area contributed by atoms with Crippen LogP contribution in [-0.2, 0) is 28.3 Å². The van der Waals surface area contributed by atoms with E-state index in [-0.39, 0.29) is 29.6 Å². The van der Waals surface area contributed by atoms with Crippen molar-refractivity contribution in [3.05, 3.63) is 54.6 Å². The van der Waals surface area contributed by atoms with Gasteiger partial charge in [-0.3, -0.25) is 14.4 Å².